The minimum Gasteiger partial charge on any atom is -0.487 e. The highest BCUT2D eigenvalue weighted by Crippen LogP contribution is 2.33. The quantitative estimate of drug-likeness (QED) is 0.425. The SMILES string of the molecule is CC1(C)OC(=O)C(C(N)=Nc2ccc3c(c2)OCCOCCOCCO3)=C(O)O1. The highest BCUT2D eigenvalue weighted by atomic mass is 16.8. The molecule has 2 aliphatic rings. The Hall–Kier alpha value is -2.98. The van der Waals surface area contributed by atoms with Crippen LogP contribution in [0.4, 0.5) is 5.69 Å². The van der Waals surface area contributed by atoms with Crippen molar-refractivity contribution in [2.24, 2.45) is 10.7 Å². The molecule has 0 spiro atoms. The number of hydrogen-bond donors (Lipinski definition) is 2. The van der Waals surface area contributed by atoms with E-state index in [-0.39, 0.29) is 11.4 Å². The van der Waals surface area contributed by atoms with Crippen molar-refractivity contribution in [2.75, 3.05) is 39.6 Å². The summed E-state index contributed by atoms with van der Waals surface area (Å²) in [5.74, 6) is -2.08. The number of benzene rings is 1. The number of aliphatic hydroxyl groups is 1. The molecule has 0 radical (unpaired) electrons. The topological polar surface area (TPSA) is 131 Å². The number of cyclic esters (lactones) is 1. The fourth-order valence-corrected chi connectivity index (χ4v) is 2.62. The second-order valence-electron chi connectivity index (χ2n) is 6.62. The average Bonchev–Trinajstić information content (AvgIpc) is 2.61. The van der Waals surface area contributed by atoms with Crippen molar-refractivity contribution in [3.8, 4) is 11.5 Å². The number of carbonyl (C=O) groups is 1. The summed E-state index contributed by atoms with van der Waals surface area (Å²) in [6, 6.07) is 4.90. The Morgan fingerprint density at radius 1 is 1.00 bits per heavy atom. The lowest BCUT2D eigenvalue weighted by atomic mass is 10.2. The zero-order chi connectivity index (χ0) is 20.9. The number of aliphatic imine (C=N–C) groups is 1. The number of fused-ring (bicyclic) bond motifs is 1. The first-order chi connectivity index (χ1) is 13.9. The third kappa shape index (κ3) is 5.52. The first-order valence-electron chi connectivity index (χ1n) is 9.11. The van der Waals surface area contributed by atoms with Crippen LogP contribution in [0.15, 0.2) is 34.7 Å². The van der Waals surface area contributed by atoms with Gasteiger partial charge in [-0.2, -0.15) is 0 Å². The maximum atomic E-state index is 12.1. The van der Waals surface area contributed by atoms with Crippen LogP contribution in [-0.2, 0) is 23.7 Å². The van der Waals surface area contributed by atoms with Gasteiger partial charge in [0.15, 0.2) is 17.1 Å². The molecule has 10 heteroatoms. The Balaban J connectivity index is 1.83. The highest BCUT2D eigenvalue weighted by molar-refractivity contribution is 6.19. The van der Waals surface area contributed by atoms with Crippen LogP contribution in [0, 0.1) is 0 Å². The first kappa shape index (κ1) is 20.7. The van der Waals surface area contributed by atoms with Gasteiger partial charge in [-0.15, -0.1) is 0 Å². The number of esters is 1. The number of amidine groups is 1. The van der Waals surface area contributed by atoms with Gasteiger partial charge in [-0.3, -0.25) is 0 Å². The predicted molar refractivity (Wildman–Crippen MR) is 101 cm³/mol. The normalized spacial score (nSPS) is 20.8. The van der Waals surface area contributed by atoms with Gasteiger partial charge in [-0.05, 0) is 12.1 Å². The second-order valence-corrected chi connectivity index (χ2v) is 6.62. The summed E-state index contributed by atoms with van der Waals surface area (Å²) >= 11 is 0. The molecule has 0 amide bonds. The number of nitrogens with two attached hydrogens (primary N) is 1. The Bertz CT molecular complexity index is 818. The van der Waals surface area contributed by atoms with Gasteiger partial charge in [0.25, 0.3) is 11.7 Å². The van der Waals surface area contributed by atoms with E-state index in [4.69, 9.17) is 34.2 Å². The zero-order valence-electron chi connectivity index (χ0n) is 16.3. The number of carbonyl (C=O) groups excluding carboxylic acids is 1. The summed E-state index contributed by atoms with van der Waals surface area (Å²) in [5.41, 5.74) is 5.94. The van der Waals surface area contributed by atoms with Crippen molar-refractivity contribution < 1.29 is 38.3 Å². The molecule has 10 nitrogen and oxygen atoms in total. The zero-order valence-corrected chi connectivity index (χ0v) is 16.3. The van der Waals surface area contributed by atoms with Gasteiger partial charge >= 0.3 is 5.97 Å². The number of hydrogen-bond acceptors (Lipinski definition) is 9. The molecule has 1 aromatic rings. The van der Waals surface area contributed by atoms with E-state index < -0.39 is 17.7 Å². The van der Waals surface area contributed by atoms with Gasteiger partial charge in [0, 0.05) is 19.9 Å². The standard InChI is InChI=1S/C19H24N2O8/c1-19(2)28-17(22)15(18(23)29-19)16(20)21-12-3-4-13-14(11-12)27-10-8-25-6-5-24-7-9-26-13/h3-4,11,22H,5-10H2,1-2H3,(H2,20,21). The smallest absolute Gasteiger partial charge is 0.352 e. The van der Waals surface area contributed by atoms with E-state index in [1.165, 1.54) is 13.8 Å². The van der Waals surface area contributed by atoms with Crippen molar-refractivity contribution in [2.45, 2.75) is 19.6 Å². The summed E-state index contributed by atoms with van der Waals surface area (Å²) < 4.78 is 32.4. The number of nitrogens with zero attached hydrogens (tertiary/aromatic N) is 1. The van der Waals surface area contributed by atoms with Crippen LogP contribution in [0.3, 0.4) is 0 Å². The third-order valence-electron chi connectivity index (χ3n) is 3.87. The molecule has 0 aromatic heterocycles. The van der Waals surface area contributed by atoms with E-state index in [1.807, 2.05) is 0 Å². The number of aliphatic hydroxyl groups excluding tert-OH is 1. The van der Waals surface area contributed by atoms with Crippen LogP contribution in [0.1, 0.15) is 13.8 Å². The van der Waals surface area contributed by atoms with Crippen LogP contribution in [-0.4, -0.2) is 62.3 Å². The molecule has 0 bridgehead atoms. The van der Waals surface area contributed by atoms with Crippen LogP contribution in [0.2, 0.25) is 0 Å². The van der Waals surface area contributed by atoms with E-state index in [0.29, 0.717) is 56.8 Å². The molecular weight excluding hydrogens is 384 g/mol. The maximum Gasteiger partial charge on any atom is 0.352 e. The van der Waals surface area contributed by atoms with Crippen molar-refractivity contribution in [1.82, 2.24) is 0 Å². The third-order valence-corrected chi connectivity index (χ3v) is 3.87. The number of ether oxygens (including phenoxy) is 6. The second kappa shape index (κ2) is 9.01. The van der Waals surface area contributed by atoms with E-state index >= 15 is 0 Å². The molecule has 3 rings (SSSR count). The summed E-state index contributed by atoms with van der Waals surface area (Å²) in [5, 5.41) is 10.0. The van der Waals surface area contributed by atoms with Gasteiger partial charge in [0.05, 0.1) is 32.1 Å². The molecule has 1 aromatic carbocycles. The highest BCUT2D eigenvalue weighted by Gasteiger charge is 2.38. The molecule has 29 heavy (non-hydrogen) atoms. The van der Waals surface area contributed by atoms with Gasteiger partial charge in [0.1, 0.15) is 19.0 Å². The Kier molecular flexibility index (Phi) is 6.45. The van der Waals surface area contributed by atoms with Gasteiger partial charge < -0.3 is 39.3 Å². The van der Waals surface area contributed by atoms with Crippen LogP contribution < -0.4 is 15.2 Å². The Labute approximate surface area is 167 Å². The Morgan fingerprint density at radius 3 is 2.28 bits per heavy atom. The largest absolute Gasteiger partial charge is 0.487 e. The fourth-order valence-electron chi connectivity index (χ4n) is 2.62. The lowest BCUT2D eigenvalue weighted by Gasteiger charge is -2.30. The molecule has 0 unspecified atom stereocenters. The molecule has 0 aliphatic carbocycles. The molecule has 2 heterocycles. The van der Waals surface area contributed by atoms with Gasteiger partial charge in [0.2, 0.25) is 0 Å². The van der Waals surface area contributed by atoms with Crippen molar-refractivity contribution in [3.63, 3.8) is 0 Å². The molecular formula is C19H24N2O8. The van der Waals surface area contributed by atoms with Crippen LogP contribution in [0.5, 0.6) is 11.5 Å². The average molecular weight is 408 g/mol. The lowest BCUT2D eigenvalue weighted by Crippen LogP contribution is -2.40. The molecule has 0 saturated carbocycles. The van der Waals surface area contributed by atoms with Crippen LogP contribution >= 0.6 is 0 Å². The molecule has 0 atom stereocenters. The first-order valence-corrected chi connectivity index (χ1v) is 9.11. The van der Waals surface area contributed by atoms with E-state index in [1.54, 1.807) is 18.2 Å². The molecule has 2 aliphatic heterocycles. The lowest BCUT2D eigenvalue weighted by molar-refractivity contribution is -0.220. The monoisotopic (exact) mass is 408 g/mol. The van der Waals surface area contributed by atoms with Crippen molar-refractivity contribution >= 4 is 17.5 Å². The minimum absolute atomic E-state index is 0.256. The molecule has 0 fully saturated rings. The maximum absolute atomic E-state index is 12.1. The van der Waals surface area contributed by atoms with Crippen LogP contribution in [0.25, 0.3) is 0 Å². The number of rotatable bonds is 2. The summed E-state index contributed by atoms with van der Waals surface area (Å²) in [7, 11) is 0. The molecule has 158 valence electrons. The molecule has 0 saturated heterocycles. The minimum atomic E-state index is -1.29. The molecule has 3 N–H and O–H groups in total. The van der Waals surface area contributed by atoms with Gasteiger partial charge in [-0.1, -0.05) is 0 Å². The summed E-state index contributed by atoms with van der Waals surface area (Å²) in [4.78, 5) is 16.3. The fraction of sp³-hybridized carbons (Fsp3) is 0.474. The van der Waals surface area contributed by atoms with Crippen molar-refractivity contribution in [1.29, 1.82) is 0 Å². The van der Waals surface area contributed by atoms with E-state index in [0.717, 1.165) is 0 Å². The predicted octanol–water partition coefficient (Wildman–Crippen LogP) is 1.56. The summed E-state index contributed by atoms with van der Waals surface area (Å²) in [6.07, 6.45) is 0. The van der Waals surface area contributed by atoms with Crippen molar-refractivity contribution in [3.05, 3.63) is 29.7 Å². The summed E-state index contributed by atoms with van der Waals surface area (Å²) in [6.45, 7) is 5.41. The van der Waals surface area contributed by atoms with E-state index in [9.17, 15) is 9.90 Å². The van der Waals surface area contributed by atoms with E-state index in [2.05, 4.69) is 4.99 Å². The Morgan fingerprint density at radius 2 is 1.62 bits per heavy atom. The van der Waals surface area contributed by atoms with Gasteiger partial charge in [-0.25, -0.2) is 9.79 Å².